The number of amides is 1. The molecule has 1 amide bonds. The minimum absolute atomic E-state index is 0.0143. The van der Waals surface area contributed by atoms with Crippen LogP contribution in [-0.2, 0) is 0 Å². The van der Waals surface area contributed by atoms with E-state index in [1.54, 1.807) is 0 Å². The highest BCUT2D eigenvalue weighted by Crippen LogP contribution is 2.24. The average Bonchev–Trinajstić information content (AvgIpc) is 2.18. The minimum atomic E-state index is -4.45. The van der Waals surface area contributed by atoms with Crippen molar-refractivity contribution in [3.05, 3.63) is 28.8 Å². The Morgan fingerprint density at radius 1 is 1.47 bits per heavy atom. The maximum atomic E-state index is 12.1. The summed E-state index contributed by atoms with van der Waals surface area (Å²) in [5.41, 5.74) is -0.0143. The van der Waals surface area contributed by atoms with Crippen LogP contribution < -0.4 is 0 Å². The van der Waals surface area contributed by atoms with Gasteiger partial charge in [0.05, 0.1) is 5.02 Å². The number of aromatic hydroxyl groups is 1. The van der Waals surface area contributed by atoms with Gasteiger partial charge in [0.15, 0.2) is 0 Å². The molecule has 0 aliphatic rings. The first-order valence-corrected chi connectivity index (χ1v) is 4.89. The molecule has 94 valence electrons. The SMILES string of the molecule is CN(CC(F)(F)F)C(=O)c1ccc(O)c(Cl)c1. The Balaban J connectivity index is 2.85. The number of alkyl halides is 3. The van der Waals surface area contributed by atoms with Gasteiger partial charge in [0.2, 0.25) is 0 Å². The molecule has 17 heavy (non-hydrogen) atoms. The second-order valence-electron chi connectivity index (χ2n) is 3.44. The van der Waals surface area contributed by atoms with Crippen LogP contribution in [0.2, 0.25) is 5.02 Å². The fourth-order valence-corrected chi connectivity index (χ4v) is 1.38. The van der Waals surface area contributed by atoms with Gasteiger partial charge in [-0.15, -0.1) is 0 Å². The number of halogens is 4. The van der Waals surface area contributed by atoms with Crippen molar-refractivity contribution >= 4 is 17.5 Å². The van der Waals surface area contributed by atoms with Crippen molar-refractivity contribution in [2.75, 3.05) is 13.6 Å². The number of rotatable bonds is 2. The van der Waals surface area contributed by atoms with E-state index < -0.39 is 18.6 Å². The van der Waals surface area contributed by atoms with Gasteiger partial charge in [0.1, 0.15) is 12.3 Å². The van der Waals surface area contributed by atoms with Crippen LogP contribution in [0.25, 0.3) is 0 Å². The van der Waals surface area contributed by atoms with Gasteiger partial charge in [-0.05, 0) is 18.2 Å². The number of nitrogens with zero attached hydrogens (tertiary/aromatic N) is 1. The van der Waals surface area contributed by atoms with Crippen LogP contribution in [0.3, 0.4) is 0 Å². The number of carbonyl (C=O) groups excluding carboxylic acids is 1. The van der Waals surface area contributed by atoms with E-state index in [4.69, 9.17) is 16.7 Å². The first-order chi connectivity index (χ1) is 7.70. The molecule has 0 aromatic heterocycles. The number of carbonyl (C=O) groups is 1. The van der Waals surface area contributed by atoms with Crippen LogP contribution in [0.5, 0.6) is 5.75 Å². The molecule has 1 N–H and O–H groups in total. The molecule has 0 radical (unpaired) electrons. The zero-order valence-corrected chi connectivity index (χ0v) is 9.51. The average molecular weight is 268 g/mol. The van der Waals surface area contributed by atoms with Gasteiger partial charge in [0, 0.05) is 12.6 Å². The second-order valence-corrected chi connectivity index (χ2v) is 3.85. The lowest BCUT2D eigenvalue weighted by Gasteiger charge is -2.19. The number of hydrogen-bond acceptors (Lipinski definition) is 2. The first-order valence-electron chi connectivity index (χ1n) is 4.51. The van der Waals surface area contributed by atoms with Gasteiger partial charge in [-0.25, -0.2) is 0 Å². The van der Waals surface area contributed by atoms with Gasteiger partial charge in [-0.1, -0.05) is 11.6 Å². The molecular formula is C10H9ClF3NO2. The molecule has 0 atom stereocenters. The fraction of sp³-hybridized carbons (Fsp3) is 0.300. The highest BCUT2D eigenvalue weighted by atomic mass is 35.5. The van der Waals surface area contributed by atoms with E-state index in [1.165, 1.54) is 6.07 Å². The van der Waals surface area contributed by atoms with Crippen molar-refractivity contribution in [2.24, 2.45) is 0 Å². The second kappa shape index (κ2) is 4.83. The van der Waals surface area contributed by atoms with Crippen LogP contribution in [0.15, 0.2) is 18.2 Å². The zero-order valence-electron chi connectivity index (χ0n) is 8.75. The van der Waals surface area contributed by atoms with Gasteiger partial charge < -0.3 is 10.0 Å². The van der Waals surface area contributed by atoms with Crippen molar-refractivity contribution in [2.45, 2.75) is 6.18 Å². The van der Waals surface area contributed by atoms with Gasteiger partial charge in [-0.2, -0.15) is 13.2 Å². The molecule has 1 aromatic carbocycles. The summed E-state index contributed by atoms with van der Waals surface area (Å²) in [7, 11) is 1.04. The number of phenols is 1. The van der Waals surface area contributed by atoms with E-state index >= 15 is 0 Å². The Labute approximate surface area is 100 Å². The first kappa shape index (κ1) is 13.6. The van der Waals surface area contributed by atoms with Crippen molar-refractivity contribution in [3.8, 4) is 5.75 Å². The number of hydrogen-bond donors (Lipinski definition) is 1. The van der Waals surface area contributed by atoms with Crippen LogP contribution in [0, 0.1) is 0 Å². The topological polar surface area (TPSA) is 40.5 Å². The van der Waals surface area contributed by atoms with Crippen molar-refractivity contribution in [3.63, 3.8) is 0 Å². The molecule has 0 heterocycles. The lowest BCUT2D eigenvalue weighted by Crippen LogP contribution is -2.35. The predicted octanol–water partition coefficient (Wildman–Crippen LogP) is 2.68. The molecule has 7 heteroatoms. The molecule has 1 rings (SSSR count). The Morgan fingerprint density at radius 3 is 2.53 bits per heavy atom. The van der Waals surface area contributed by atoms with Gasteiger partial charge in [-0.3, -0.25) is 4.79 Å². The lowest BCUT2D eigenvalue weighted by molar-refractivity contribution is -0.138. The Morgan fingerprint density at radius 2 is 2.06 bits per heavy atom. The number of benzene rings is 1. The van der Waals surface area contributed by atoms with E-state index in [0.717, 1.165) is 19.2 Å². The van der Waals surface area contributed by atoms with Crippen LogP contribution in [0.4, 0.5) is 13.2 Å². The van der Waals surface area contributed by atoms with Crippen LogP contribution >= 0.6 is 11.6 Å². The van der Waals surface area contributed by atoms with Crippen molar-refractivity contribution in [1.29, 1.82) is 0 Å². The van der Waals surface area contributed by atoms with E-state index in [1.807, 2.05) is 0 Å². The number of phenolic OH excluding ortho intramolecular Hbond substituents is 1. The Kier molecular flexibility index (Phi) is 3.87. The molecule has 0 aliphatic carbocycles. The highest BCUT2D eigenvalue weighted by Gasteiger charge is 2.31. The zero-order chi connectivity index (χ0) is 13.2. The minimum Gasteiger partial charge on any atom is -0.506 e. The predicted molar refractivity (Wildman–Crippen MR) is 56.1 cm³/mol. The van der Waals surface area contributed by atoms with Crippen molar-refractivity contribution < 1.29 is 23.1 Å². The molecule has 0 saturated carbocycles. The molecule has 0 aliphatic heterocycles. The highest BCUT2D eigenvalue weighted by molar-refractivity contribution is 6.32. The van der Waals surface area contributed by atoms with Crippen molar-refractivity contribution in [1.82, 2.24) is 4.90 Å². The summed E-state index contributed by atoms with van der Waals surface area (Å²) in [5.74, 6) is -1.05. The molecule has 3 nitrogen and oxygen atoms in total. The maximum Gasteiger partial charge on any atom is 0.406 e. The molecule has 0 spiro atoms. The summed E-state index contributed by atoms with van der Waals surface area (Å²) in [6, 6.07) is 3.47. The van der Waals surface area contributed by atoms with E-state index in [0.29, 0.717) is 4.90 Å². The molecule has 0 fully saturated rings. The smallest absolute Gasteiger partial charge is 0.406 e. The molecule has 0 bridgehead atoms. The maximum absolute atomic E-state index is 12.1. The van der Waals surface area contributed by atoms with E-state index in [-0.39, 0.29) is 16.3 Å². The van der Waals surface area contributed by atoms with Gasteiger partial charge in [0.25, 0.3) is 5.91 Å². The van der Waals surface area contributed by atoms with Crippen LogP contribution in [0.1, 0.15) is 10.4 Å². The third-order valence-corrected chi connectivity index (χ3v) is 2.26. The summed E-state index contributed by atoms with van der Waals surface area (Å²) >= 11 is 5.55. The monoisotopic (exact) mass is 267 g/mol. The van der Waals surface area contributed by atoms with Gasteiger partial charge >= 0.3 is 6.18 Å². The third-order valence-electron chi connectivity index (χ3n) is 1.96. The molecule has 1 aromatic rings. The van der Waals surface area contributed by atoms with E-state index in [9.17, 15) is 18.0 Å². The largest absolute Gasteiger partial charge is 0.506 e. The van der Waals surface area contributed by atoms with E-state index in [2.05, 4.69) is 0 Å². The lowest BCUT2D eigenvalue weighted by atomic mass is 10.2. The van der Waals surface area contributed by atoms with Crippen LogP contribution in [-0.4, -0.2) is 35.7 Å². The molecular weight excluding hydrogens is 259 g/mol. The summed E-state index contributed by atoms with van der Waals surface area (Å²) in [4.78, 5) is 12.1. The summed E-state index contributed by atoms with van der Waals surface area (Å²) < 4.78 is 36.2. The standard InChI is InChI=1S/C10H9ClF3NO2/c1-15(5-10(12,13)14)9(17)6-2-3-8(16)7(11)4-6/h2-4,16H,5H2,1H3. The molecule has 0 unspecified atom stereocenters. The Bertz CT molecular complexity index is 434. The third kappa shape index (κ3) is 3.81. The summed E-state index contributed by atoms with van der Waals surface area (Å²) in [6.07, 6.45) is -4.45. The fourth-order valence-electron chi connectivity index (χ4n) is 1.20. The summed E-state index contributed by atoms with van der Waals surface area (Å²) in [5, 5.41) is 9.03. The summed E-state index contributed by atoms with van der Waals surface area (Å²) in [6.45, 7) is -1.34. The Hall–Kier alpha value is -1.43. The quantitative estimate of drug-likeness (QED) is 0.895. The molecule has 0 saturated heterocycles. The normalized spacial score (nSPS) is 11.4.